The van der Waals surface area contributed by atoms with Gasteiger partial charge in [-0.15, -0.1) is 11.8 Å². The normalized spacial score (nSPS) is 32.6. The molecule has 2 unspecified atom stereocenters. The van der Waals surface area contributed by atoms with Crippen molar-refractivity contribution in [1.82, 2.24) is 14.5 Å². The number of carboxylic acid groups (broad SMARTS) is 1. The average Bonchev–Trinajstić information content (AvgIpc) is 3.12. The quantitative estimate of drug-likeness (QED) is 0.777. The lowest BCUT2D eigenvalue weighted by atomic mass is 9.79. The van der Waals surface area contributed by atoms with Crippen molar-refractivity contribution in [3.8, 4) is 0 Å². The van der Waals surface area contributed by atoms with Gasteiger partial charge < -0.3 is 19.7 Å². The molecule has 1 aromatic rings. The molecule has 1 aromatic heterocycles. The van der Waals surface area contributed by atoms with Crippen molar-refractivity contribution in [2.45, 2.75) is 44.2 Å². The van der Waals surface area contributed by atoms with Crippen LogP contribution in [0.25, 0.3) is 0 Å². The van der Waals surface area contributed by atoms with Crippen LogP contribution >= 0.6 is 11.8 Å². The minimum Gasteiger partial charge on any atom is -0.477 e. The van der Waals surface area contributed by atoms with Crippen molar-refractivity contribution in [3.63, 3.8) is 0 Å². The number of carboxylic acids is 1. The zero-order chi connectivity index (χ0) is 17.2. The smallest absolute Gasteiger partial charge is 0.353 e. The molecule has 7 nitrogen and oxygen atoms in total. The Labute approximate surface area is 143 Å². The third-order valence-corrected chi connectivity index (χ3v) is 6.71. The maximum absolute atomic E-state index is 12.3. The van der Waals surface area contributed by atoms with Crippen molar-refractivity contribution < 1.29 is 19.8 Å². The van der Waals surface area contributed by atoms with Crippen LogP contribution in [0.1, 0.15) is 19.5 Å². The standard InChI is InChI=1S/C16H19N3O4S/c1-7-12-11(8(2)20)15(21)19(12)13(16(22)23)14(7)24-10-3-9-4-17-6-18(9)5-10/h4,6-8,10-12,20H,3,5H2,1-2H3,(H,22,23)/t7-,8?,10?,11-,12-/m1/s1. The number of aliphatic hydroxyl groups excluding tert-OH is 1. The number of aromatic nitrogens is 2. The Bertz CT molecular complexity index is 736. The SMILES string of the molecule is CC(O)[C@H]1C(=O)N2C(C(=O)O)=C(SC3Cc4cncn4C3)[C@H](C)[C@H]12. The van der Waals surface area contributed by atoms with Crippen molar-refractivity contribution >= 4 is 23.6 Å². The van der Waals surface area contributed by atoms with Crippen LogP contribution in [0.3, 0.4) is 0 Å². The molecule has 0 saturated carbocycles. The summed E-state index contributed by atoms with van der Waals surface area (Å²) in [5.41, 5.74) is 1.26. The van der Waals surface area contributed by atoms with E-state index in [9.17, 15) is 19.8 Å². The second-order valence-electron chi connectivity index (χ2n) is 6.75. The van der Waals surface area contributed by atoms with E-state index < -0.39 is 18.0 Å². The minimum atomic E-state index is -1.07. The molecule has 0 spiro atoms. The molecular weight excluding hydrogens is 330 g/mol. The van der Waals surface area contributed by atoms with Crippen LogP contribution in [-0.2, 0) is 22.6 Å². The first kappa shape index (κ1) is 15.7. The molecule has 1 saturated heterocycles. The Morgan fingerprint density at radius 2 is 2.25 bits per heavy atom. The molecule has 0 bridgehead atoms. The Balaban J connectivity index is 1.61. The Kier molecular flexibility index (Phi) is 3.50. The van der Waals surface area contributed by atoms with E-state index in [0.29, 0.717) is 0 Å². The largest absolute Gasteiger partial charge is 0.477 e. The van der Waals surface area contributed by atoms with E-state index >= 15 is 0 Å². The monoisotopic (exact) mass is 349 g/mol. The lowest BCUT2D eigenvalue weighted by Crippen LogP contribution is -2.63. The highest BCUT2D eigenvalue weighted by Gasteiger charge is 2.60. The van der Waals surface area contributed by atoms with Crippen molar-refractivity contribution in [1.29, 1.82) is 0 Å². The van der Waals surface area contributed by atoms with Gasteiger partial charge in [-0.3, -0.25) is 4.79 Å². The third-order valence-electron chi connectivity index (χ3n) is 5.24. The first-order chi connectivity index (χ1) is 11.4. The van der Waals surface area contributed by atoms with Crippen LogP contribution in [0.5, 0.6) is 0 Å². The molecular formula is C16H19N3O4S. The van der Waals surface area contributed by atoms with Gasteiger partial charge >= 0.3 is 5.97 Å². The Hall–Kier alpha value is -1.80. The van der Waals surface area contributed by atoms with Gasteiger partial charge in [0.1, 0.15) is 5.70 Å². The molecule has 4 rings (SSSR count). The fraction of sp³-hybridized carbons (Fsp3) is 0.562. The van der Waals surface area contributed by atoms with E-state index in [0.717, 1.165) is 23.6 Å². The molecule has 24 heavy (non-hydrogen) atoms. The summed E-state index contributed by atoms with van der Waals surface area (Å²) in [7, 11) is 0. The predicted molar refractivity (Wildman–Crippen MR) is 86.9 cm³/mol. The van der Waals surface area contributed by atoms with E-state index in [1.54, 1.807) is 25.0 Å². The predicted octanol–water partition coefficient (Wildman–Crippen LogP) is 0.695. The number of fused-ring (bicyclic) bond motifs is 2. The molecule has 1 amide bonds. The molecule has 1 fully saturated rings. The Morgan fingerprint density at radius 1 is 1.50 bits per heavy atom. The van der Waals surface area contributed by atoms with Gasteiger partial charge in [-0.05, 0) is 6.92 Å². The second kappa shape index (κ2) is 5.35. The molecule has 4 heterocycles. The summed E-state index contributed by atoms with van der Waals surface area (Å²) in [6.07, 6.45) is 3.71. The molecule has 0 aliphatic carbocycles. The van der Waals surface area contributed by atoms with Crippen LogP contribution in [0.2, 0.25) is 0 Å². The number of aliphatic carboxylic acids is 1. The highest BCUT2D eigenvalue weighted by Crippen LogP contribution is 2.51. The molecule has 0 radical (unpaired) electrons. The maximum atomic E-state index is 12.3. The van der Waals surface area contributed by atoms with E-state index in [1.165, 1.54) is 4.90 Å². The number of rotatable bonds is 4. The number of β-lactam (4-membered cyclic amide) rings is 1. The molecule has 3 aliphatic heterocycles. The number of hydrogen-bond acceptors (Lipinski definition) is 5. The number of carbonyl (C=O) groups is 2. The number of carbonyl (C=O) groups excluding carboxylic acids is 1. The number of aliphatic hydroxyl groups is 1. The van der Waals surface area contributed by atoms with Gasteiger partial charge in [0.05, 0.1) is 24.4 Å². The number of thioether (sulfide) groups is 1. The van der Waals surface area contributed by atoms with E-state index in [4.69, 9.17) is 0 Å². The van der Waals surface area contributed by atoms with Crippen LogP contribution < -0.4 is 0 Å². The fourth-order valence-electron chi connectivity index (χ4n) is 4.14. The summed E-state index contributed by atoms with van der Waals surface area (Å²) in [5.74, 6) is -1.93. The van der Waals surface area contributed by atoms with Crippen molar-refractivity contribution in [3.05, 3.63) is 28.8 Å². The van der Waals surface area contributed by atoms with Gasteiger partial charge in [0, 0.05) is 40.9 Å². The van der Waals surface area contributed by atoms with Crippen molar-refractivity contribution in [2.75, 3.05) is 0 Å². The lowest BCUT2D eigenvalue weighted by Gasteiger charge is -2.46. The van der Waals surface area contributed by atoms with Gasteiger partial charge in [-0.1, -0.05) is 6.92 Å². The number of hydrogen-bond donors (Lipinski definition) is 2. The summed E-state index contributed by atoms with van der Waals surface area (Å²) in [4.78, 5) is 30.3. The van der Waals surface area contributed by atoms with Gasteiger partial charge in [0.25, 0.3) is 0 Å². The first-order valence-corrected chi connectivity index (χ1v) is 8.92. The molecule has 2 N–H and O–H groups in total. The van der Waals surface area contributed by atoms with Crippen LogP contribution in [-0.4, -0.2) is 53.9 Å². The molecule has 3 aliphatic rings. The summed E-state index contributed by atoms with van der Waals surface area (Å²) < 4.78 is 2.08. The fourth-order valence-corrected chi connectivity index (χ4v) is 5.64. The number of imidazole rings is 1. The summed E-state index contributed by atoms with van der Waals surface area (Å²) >= 11 is 1.56. The van der Waals surface area contributed by atoms with Gasteiger partial charge in [-0.2, -0.15) is 0 Å². The third kappa shape index (κ3) is 2.05. The summed E-state index contributed by atoms with van der Waals surface area (Å²) in [6, 6.07) is -0.243. The van der Waals surface area contributed by atoms with Crippen LogP contribution in [0.15, 0.2) is 23.1 Å². The van der Waals surface area contributed by atoms with E-state index in [-0.39, 0.29) is 28.8 Å². The highest BCUT2D eigenvalue weighted by molar-refractivity contribution is 8.03. The molecule has 5 atom stereocenters. The van der Waals surface area contributed by atoms with E-state index in [1.807, 2.05) is 13.1 Å². The molecule has 0 aromatic carbocycles. The second-order valence-corrected chi connectivity index (χ2v) is 8.10. The summed E-state index contributed by atoms with van der Waals surface area (Å²) in [5, 5.41) is 19.7. The van der Waals surface area contributed by atoms with Gasteiger partial charge in [0.15, 0.2) is 0 Å². The zero-order valence-electron chi connectivity index (χ0n) is 13.4. The topological polar surface area (TPSA) is 95.7 Å². The Morgan fingerprint density at radius 3 is 2.88 bits per heavy atom. The number of nitrogens with zero attached hydrogens (tertiary/aromatic N) is 3. The highest BCUT2D eigenvalue weighted by atomic mass is 32.2. The zero-order valence-corrected chi connectivity index (χ0v) is 14.2. The molecule has 8 heteroatoms. The first-order valence-electron chi connectivity index (χ1n) is 8.04. The van der Waals surface area contributed by atoms with Crippen LogP contribution in [0.4, 0.5) is 0 Å². The van der Waals surface area contributed by atoms with E-state index in [2.05, 4.69) is 9.55 Å². The lowest BCUT2D eigenvalue weighted by molar-refractivity contribution is -0.163. The van der Waals surface area contributed by atoms with Crippen LogP contribution in [0, 0.1) is 11.8 Å². The molecule has 128 valence electrons. The maximum Gasteiger partial charge on any atom is 0.353 e. The van der Waals surface area contributed by atoms with Crippen molar-refractivity contribution in [2.24, 2.45) is 11.8 Å². The average molecular weight is 349 g/mol. The summed E-state index contributed by atoms with van der Waals surface area (Å²) in [6.45, 7) is 4.34. The van der Waals surface area contributed by atoms with Gasteiger partial charge in [0.2, 0.25) is 5.91 Å². The van der Waals surface area contributed by atoms with Gasteiger partial charge in [-0.25, -0.2) is 9.78 Å². The number of amides is 1. The minimum absolute atomic E-state index is 0.0727.